The third-order valence-corrected chi connectivity index (χ3v) is 3.36. The van der Waals surface area contributed by atoms with Gasteiger partial charge in [0.05, 0.1) is 5.56 Å². The molecule has 0 fully saturated rings. The summed E-state index contributed by atoms with van der Waals surface area (Å²) >= 11 is 0. The molecule has 110 valence electrons. The molecule has 0 amide bonds. The lowest BCUT2D eigenvalue weighted by Gasteiger charge is -2.17. The lowest BCUT2D eigenvalue weighted by molar-refractivity contribution is 0.0696. The summed E-state index contributed by atoms with van der Waals surface area (Å²) in [6.07, 6.45) is 0.873. The minimum Gasteiger partial charge on any atom is -0.478 e. The van der Waals surface area contributed by atoms with Gasteiger partial charge in [-0.25, -0.2) is 9.18 Å². The Hall–Kier alpha value is -2.20. The van der Waals surface area contributed by atoms with Gasteiger partial charge >= 0.3 is 5.97 Å². The summed E-state index contributed by atoms with van der Waals surface area (Å²) in [6.45, 7) is 1.17. The molecule has 0 heterocycles. The molecular formula is C17H18FNO2. The minimum absolute atomic E-state index is 0.114. The number of carbonyl (C=O) groups is 1. The molecule has 2 aromatic carbocycles. The molecule has 0 aliphatic heterocycles. The maximum absolute atomic E-state index is 13.7. The molecule has 3 nitrogen and oxygen atoms in total. The van der Waals surface area contributed by atoms with Gasteiger partial charge in [0.25, 0.3) is 0 Å². The number of hydrogen-bond acceptors (Lipinski definition) is 2. The molecule has 0 atom stereocenters. The molecule has 1 N–H and O–H groups in total. The van der Waals surface area contributed by atoms with Crippen molar-refractivity contribution in [1.29, 1.82) is 0 Å². The number of nitrogens with zero attached hydrogens (tertiary/aromatic N) is 1. The van der Waals surface area contributed by atoms with Gasteiger partial charge in [-0.2, -0.15) is 0 Å². The van der Waals surface area contributed by atoms with Crippen LogP contribution in [0.25, 0.3) is 0 Å². The molecule has 0 aromatic heterocycles. The Kier molecular flexibility index (Phi) is 5.06. The second-order valence-electron chi connectivity index (χ2n) is 5.08. The van der Waals surface area contributed by atoms with E-state index >= 15 is 0 Å². The molecule has 0 saturated heterocycles. The normalized spacial score (nSPS) is 10.8. The summed E-state index contributed by atoms with van der Waals surface area (Å²) in [4.78, 5) is 12.9. The molecule has 0 aliphatic carbocycles. The summed E-state index contributed by atoms with van der Waals surface area (Å²) in [5.74, 6) is -1.41. The molecule has 0 aliphatic rings. The van der Waals surface area contributed by atoms with Crippen LogP contribution in [0.15, 0.2) is 48.5 Å². The van der Waals surface area contributed by atoms with Crippen LogP contribution in [-0.4, -0.2) is 29.6 Å². The van der Waals surface area contributed by atoms with Gasteiger partial charge in [-0.1, -0.05) is 30.3 Å². The van der Waals surface area contributed by atoms with Gasteiger partial charge in [-0.3, -0.25) is 0 Å². The standard InChI is InChI=1S/C17H18FNO2/c1-19(10-9-13-5-3-2-4-6-13)12-15-11-14(17(20)21)7-8-16(15)18/h2-8,11H,9-10,12H2,1H3,(H,20,21). The fraction of sp³-hybridized carbons (Fsp3) is 0.235. The van der Waals surface area contributed by atoms with Gasteiger partial charge in [0.2, 0.25) is 0 Å². The summed E-state index contributed by atoms with van der Waals surface area (Å²) in [5.41, 5.74) is 1.75. The van der Waals surface area contributed by atoms with E-state index in [1.807, 2.05) is 30.1 Å². The average molecular weight is 287 g/mol. The largest absolute Gasteiger partial charge is 0.478 e. The van der Waals surface area contributed by atoms with Gasteiger partial charge < -0.3 is 10.0 Å². The third kappa shape index (κ3) is 4.39. The van der Waals surface area contributed by atoms with Crippen molar-refractivity contribution in [2.45, 2.75) is 13.0 Å². The van der Waals surface area contributed by atoms with Crippen molar-refractivity contribution < 1.29 is 14.3 Å². The molecule has 2 rings (SSSR count). The van der Waals surface area contributed by atoms with E-state index < -0.39 is 5.97 Å². The van der Waals surface area contributed by atoms with Gasteiger partial charge in [0.1, 0.15) is 5.82 Å². The van der Waals surface area contributed by atoms with Gasteiger partial charge in [-0.05, 0) is 37.2 Å². The zero-order chi connectivity index (χ0) is 15.2. The van der Waals surface area contributed by atoms with Crippen LogP contribution >= 0.6 is 0 Å². The van der Waals surface area contributed by atoms with E-state index in [1.165, 1.54) is 23.8 Å². The summed E-state index contributed by atoms with van der Waals surface area (Å²) < 4.78 is 13.7. The van der Waals surface area contributed by atoms with E-state index in [4.69, 9.17) is 5.11 Å². The van der Waals surface area contributed by atoms with Gasteiger partial charge in [-0.15, -0.1) is 0 Å². The number of carboxylic acid groups (broad SMARTS) is 1. The van der Waals surface area contributed by atoms with E-state index in [2.05, 4.69) is 12.1 Å². The van der Waals surface area contributed by atoms with Gasteiger partial charge in [0.15, 0.2) is 0 Å². The maximum Gasteiger partial charge on any atom is 0.335 e. The fourth-order valence-electron chi connectivity index (χ4n) is 2.16. The van der Waals surface area contributed by atoms with E-state index in [1.54, 1.807) is 0 Å². The third-order valence-electron chi connectivity index (χ3n) is 3.36. The number of hydrogen-bond donors (Lipinski definition) is 1. The Labute approximate surface area is 123 Å². The van der Waals surface area contributed by atoms with Crippen LogP contribution in [0.4, 0.5) is 4.39 Å². The monoisotopic (exact) mass is 287 g/mol. The number of carboxylic acids is 1. The van der Waals surface area contributed by atoms with Crippen molar-refractivity contribution in [3.8, 4) is 0 Å². The molecule has 0 saturated carbocycles. The Morgan fingerprint density at radius 3 is 2.57 bits per heavy atom. The van der Waals surface area contributed by atoms with E-state index in [-0.39, 0.29) is 11.4 Å². The van der Waals surface area contributed by atoms with Crippen LogP contribution in [0.1, 0.15) is 21.5 Å². The highest BCUT2D eigenvalue weighted by molar-refractivity contribution is 5.87. The van der Waals surface area contributed by atoms with Crippen molar-refractivity contribution >= 4 is 5.97 Å². The fourth-order valence-corrected chi connectivity index (χ4v) is 2.16. The van der Waals surface area contributed by atoms with Crippen LogP contribution < -0.4 is 0 Å². The van der Waals surface area contributed by atoms with E-state index in [0.29, 0.717) is 12.1 Å². The molecule has 0 bridgehead atoms. The van der Waals surface area contributed by atoms with Gasteiger partial charge in [0, 0.05) is 18.7 Å². The molecular weight excluding hydrogens is 269 g/mol. The van der Waals surface area contributed by atoms with Crippen LogP contribution in [0.5, 0.6) is 0 Å². The average Bonchev–Trinajstić information content (AvgIpc) is 2.48. The quantitative estimate of drug-likeness (QED) is 0.887. The predicted octanol–water partition coefficient (Wildman–Crippen LogP) is 3.20. The Balaban J connectivity index is 1.97. The molecule has 4 heteroatoms. The first-order chi connectivity index (χ1) is 10.1. The number of rotatable bonds is 6. The second kappa shape index (κ2) is 6.99. The first-order valence-corrected chi connectivity index (χ1v) is 6.80. The second-order valence-corrected chi connectivity index (χ2v) is 5.08. The highest BCUT2D eigenvalue weighted by atomic mass is 19.1. The zero-order valence-corrected chi connectivity index (χ0v) is 11.9. The number of halogens is 1. The molecule has 0 unspecified atom stereocenters. The molecule has 21 heavy (non-hydrogen) atoms. The van der Waals surface area contributed by atoms with Crippen LogP contribution in [-0.2, 0) is 13.0 Å². The van der Waals surface area contributed by atoms with Crippen molar-refractivity contribution in [3.05, 3.63) is 71.0 Å². The van der Waals surface area contributed by atoms with Crippen molar-refractivity contribution in [3.63, 3.8) is 0 Å². The molecule has 2 aromatic rings. The van der Waals surface area contributed by atoms with E-state index in [0.717, 1.165) is 13.0 Å². The zero-order valence-electron chi connectivity index (χ0n) is 11.9. The van der Waals surface area contributed by atoms with Crippen molar-refractivity contribution in [2.75, 3.05) is 13.6 Å². The number of aromatic carboxylic acids is 1. The summed E-state index contributed by atoms with van der Waals surface area (Å²) in [6, 6.07) is 14.0. The summed E-state index contributed by atoms with van der Waals surface area (Å²) in [7, 11) is 1.90. The highest BCUT2D eigenvalue weighted by Crippen LogP contribution is 2.13. The number of likely N-dealkylation sites (N-methyl/N-ethyl adjacent to an activating group) is 1. The lowest BCUT2D eigenvalue weighted by atomic mass is 10.1. The lowest BCUT2D eigenvalue weighted by Crippen LogP contribution is -2.21. The number of benzene rings is 2. The smallest absolute Gasteiger partial charge is 0.335 e. The van der Waals surface area contributed by atoms with E-state index in [9.17, 15) is 9.18 Å². The first-order valence-electron chi connectivity index (χ1n) is 6.80. The van der Waals surface area contributed by atoms with Crippen LogP contribution in [0, 0.1) is 5.82 Å². The first kappa shape index (κ1) is 15.2. The Morgan fingerprint density at radius 1 is 1.19 bits per heavy atom. The predicted molar refractivity (Wildman–Crippen MR) is 79.8 cm³/mol. The minimum atomic E-state index is -1.04. The topological polar surface area (TPSA) is 40.5 Å². The van der Waals surface area contributed by atoms with Crippen LogP contribution in [0.2, 0.25) is 0 Å². The molecule has 0 radical (unpaired) electrons. The van der Waals surface area contributed by atoms with Crippen molar-refractivity contribution in [2.24, 2.45) is 0 Å². The Bertz CT molecular complexity index is 613. The maximum atomic E-state index is 13.7. The molecule has 0 spiro atoms. The highest BCUT2D eigenvalue weighted by Gasteiger charge is 2.10. The summed E-state index contributed by atoms with van der Waals surface area (Å²) in [5, 5.41) is 8.95. The Morgan fingerprint density at radius 2 is 1.90 bits per heavy atom. The van der Waals surface area contributed by atoms with Crippen molar-refractivity contribution in [1.82, 2.24) is 4.90 Å². The SMILES string of the molecule is CN(CCc1ccccc1)Cc1cc(C(=O)O)ccc1F. The van der Waals surface area contributed by atoms with Crippen LogP contribution in [0.3, 0.4) is 0 Å².